The van der Waals surface area contributed by atoms with E-state index in [0.29, 0.717) is 14.5 Å². The highest BCUT2D eigenvalue weighted by Crippen LogP contribution is 2.38. The van der Waals surface area contributed by atoms with E-state index >= 15 is 0 Å². The molecule has 0 bridgehead atoms. The minimum absolute atomic E-state index is 0.599. The largest absolute Gasteiger partial charge is 0.0916 e. The molecule has 0 aliphatic heterocycles. The topological polar surface area (TPSA) is 0 Å². The zero-order valence-corrected chi connectivity index (χ0v) is 13.0. The zero-order valence-electron chi connectivity index (χ0n) is 6.65. The molecule has 4 unspecified atom stereocenters. The highest BCUT2D eigenvalue weighted by Gasteiger charge is 2.33. The van der Waals surface area contributed by atoms with Crippen LogP contribution in [0.15, 0.2) is 0 Å². The van der Waals surface area contributed by atoms with Crippen molar-refractivity contribution in [3.05, 3.63) is 0 Å². The number of alkyl halides is 4. The van der Waals surface area contributed by atoms with Crippen molar-refractivity contribution in [1.82, 2.24) is 0 Å². The Morgan fingerprint density at radius 2 is 1.92 bits per heavy atom. The summed E-state index contributed by atoms with van der Waals surface area (Å²) in [5.41, 5.74) is 0. The van der Waals surface area contributed by atoms with Crippen LogP contribution in [0.5, 0.6) is 0 Å². The summed E-state index contributed by atoms with van der Waals surface area (Å²) in [6, 6.07) is 0. The van der Waals surface area contributed by atoms with E-state index in [1.54, 1.807) is 0 Å². The van der Waals surface area contributed by atoms with Gasteiger partial charge in [0, 0.05) is 19.8 Å². The summed E-state index contributed by atoms with van der Waals surface area (Å²) in [6.45, 7) is 0. The molecule has 0 radical (unpaired) electrons. The molecule has 1 saturated carbocycles. The molecule has 1 fully saturated rings. The fourth-order valence-corrected chi connectivity index (χ4v) is 4.73. The van der Waals surface area contributed by atoms with Crippen molar-refractivity contribution < 1.29 is 0 Å². The van der Waals surface area contributed by atoms with E-state index in [0.717, 1.165) is 11.2 Å². The maximum Gasteiger partial charge on any atom is 0.0310 e. The Kier molecular flexibility index (Phi) is 5.71. The molecule has 12 heavy (non-hydrogen) atoms. The number of hydrogen-bond acceptors (Lipinski definition) is 0. The summed E-state index contributed by atoms with van der Waals surface area (Å²) < 4.78 is 0. The maximum atomic E-state index is 3.76. The summed E-state index contributed by atoms with van der Waals surface area (Å²) >= 11 is 14.7. The Balaban J connectivity index is 2.51. The summed E-state index contributed by atoms with van der Waals surface area (Å²) in [6.07, 6.45) is 3.98. The van der Waals surface area contributed by atoms with Gasteiger partial charge < -0.3 is 0 Å². The van der Waals surface area contributed by atoms with E-state index in [4.69, 9.17) is 0 Å². The Morgan fingerprint density at radius 3 is 2.50 bits per heavy atom. The Labute approximate surface area is 108 Å². The SMILES string of the molecule is BrCC(Br)C1CCCC(Br)C1Br. The van der Waals surface area contributed by atoms with Crippen LogP contribution in [0.3, 0.4) is 0 Å². The molecule has 1 rings (SSSR count). The van der Waals surface area contributed by atoms with Crippen molar-refractivity contribution in [3.8, 4) is 0 Å². The van der Waals surface area contributed by atoms with Crippen LogP contribution in [0, 0.1) is 5.92 Å². The van der Waals surface area contributed by atoms with Crippen molar-refractivity contribution in [2.24, 2.45) is 5.92 Å². The van der Waals surface area contributed by atoms with Crippen molar-refractivity contribution in [1.29, 1.82) is 0 Å². The van der Waals surface area contributed by atoms with Gasteiger partial charge in [0.1, 0.15) is 0 Å². The van der Waals surface area contributed by atoms with Gasteiger partial charge in [-0.2, -0.15) is 0 Å². The monoisotopic (exact) mass is 424 g/mol. The second-order valence-corrected chi connectivity index (χ2v) is 7.28. The van der Waals surface area contributed by atoms with Crippen molar-refractivity contribution in [3.63, 3.8) is 0 Å². The van der Waals surface area contributed by atoms with E-state index < -0.39 is 0 Å². The van der Waals surface area contributed by atoms with Gasteiger partial charge in [0.25, 0.3) is 0 Å². The zero-order chi connectivity index (χ0) is 9.14. The summed E-state index contributed by atoms with van der Waals surface area (Å²) in [5, 5.41) is 1.04. The molecule has 4 atom stereocenters. The number of hydrogen-bond donors (Lipinski definition) is 0. The van der Waals surface area contributed by atoms with Gasteiger partial charge in [0.15, 0.2) is 0 Å². The molecule has 72 valence electrons. The maximum absolute atomic E-state index is 3.76. The molecule has 0 nitrogen and oxygen atoms in total. The predicted octanol–water partition coefficient (Wildman–Crippen LogP) is 4.47. The average Bonchev–Trinajstić information content (AvgIpc) is 2.08. The lowest BCUT2D eigenvalue weighted by molar-refractivity contribution is 0.390. The molecular formula is C8H12Br4. The quantitative estimate of drug-likeness (QED) is 0.570. The van der Waals surface area contributed by atoms with E-state index in [2.05, 4.69) is 63.7 Å². The van der Waals surface area contributed by atoms with Crippen LogP contribution in [0.4, 0.5) is 0 Å². The van der Waals surface area contributed by atoms with Gasteiger partial charge in [-0.1, -0.05) is 70.1 Å². The average molecular weight is 428 g/mol. The smallest absolute Gasteiger partial charge is 0.0310 e. The molecular weight excluding hydrogens is 416 g/mol. The molecule has 0 aromatic rings. The number of halogens is 4. The van der Waals surface area contributed by atoms with Gasteiger partial charge in [0.05, 0.1) is 0 Å². The molecule has 0 aromatic heterocycles. The molecule has 0 saturated heterocycles. The van der Waals surface area contributed by atoms with E-state index in [9.17, 15) is 0 Å². The third kappa shape index (κ3) is 2.96. The van der Waals surface area contributed by atoms with Gasteiger partial charge in [-0.25, -0.2) is 0 Å². The second-order valence-electron chi connectivity index (χ2n) is 3.23. The lowest BCUT2D eigenvalue weighted by Gasteiger charge is -2.34. The Bertz CT molecular complexity index is 139. The minimum Gasteiger partial charge on any atom is -0.0916 e. The molecule has 0 heterocycles. The van der Waals surface area contributed by atoms with Crippen LogP contribution < -0.4 is 0 Å². The van der Waals surface area contributed by atoms with Gasteiger partial charge in [-0.3, -0.25) is 0 Å². The minimum atomic E-state index is 0.599. The van der Waals surface area contributed by atoms with Crippen molar-refractivity contribution in [2.75, 3.05) is 5.33 Å². The highest BCUT2D eigenvalue weighted by atomic mass is 79.9. The first-order chi connectivity index (χ1) is 5.66. The van der Waals surface area contributed by atoms with E-state index in [1.165, 1.54) is 19.3 Å². The Hall–Kier alpha value is 1.92. The fourth-order valence-electron chi connectivity index (χ4n) is 1.63. The van der Waals surface area contributed by atoms with Crippen LogP contribution in [-0.4, -0.2) is 19.8 Å². The first-order valence-corrected chi connectivity index (χ1v) is 8.02. The van der Waals surface area contributed by atoms with E-state index in [-0.39, 0.29) is 0 Å². The molecule has 0 amide bonds. The van der Waals surface area contributed by atoms with Gasteiger partial charge in [-0.05, 0) is 18.8 Å². The van der Waals surface area contributed by atoms with Crippen molar-refractivity contribution >= 4 is 63.7 Å². The number of rotatable bonds is 2. The van der Waals surface area contributed by atoms with E-state index in [1.807, 2.05) is 0 Å². The molecule has 0 N–H and O–H groups in total. The third-order valence-corrected chi connectivity index (χ3v) is 8.01. The standard InChI is InChI=1S/C8H12Br4/c9-4-7(11)5-2-1-3-6(10)8(5)12/h5-8H,1-4H2. The molecule has 1 aliphatic rings. The highest BCUT2D eigenvalue weighted by molar-refractivity contribution is 9.12. The molecule has 4 heteroatoms. The van der Waals surface area contributed by atoms with Gasteiger partial charge >= 0.3 is 0 Å². The predicted molar refractivity (Wildman–Crippen MR) is 69.3 cm³/mol. The lowest BCUT2D eigenvalue weighted by atomic mass is 9.87. The third-order valence-electron chi connectivity index (χ3n) is 2.38. The van der Waals surface area contributed by atoms with Crippen LogP contribution in [0.1, 0.15) is 19.3 Å². The van der Waals surface area contributed by atoms with Crippen LogP contribution in [0.2, 0.25) is 0 Å². The summed E-state index contributed by atoms with van der Waals surface area (Å²) in [7, 11) is 0. The summed E-state index contributed by atoms with van der Waals surface area (Å²) in [4.78, 5) is 1.87. The first-order valence-electron chi connectivity index (χ1n) is 4.15. The van der Waals surface area contributed by atoms with Crippen LogP contribution >= 0.6 is 63.7 Å². The van der Waals surface area contributed by atoms with Crippen LogP contribution in [0.25, 0.3) is 0 Å². The van der Waals surface area contributed by atoms with Crippen molar-refractivity contribution in [2.45, 2.75) is 33.7 Å². The first kappa shape index (κ1) is 12.0. The van der Waals surface area contributed by atoms with Gasteiger partial charge in [0.2, 0.25) is 0 Å². The van der Waals surface area contributed by atoms with Gasteiger partial charge in [-0.15, -0.1) is 0 Å². The molecule has 0 spiro atoms. The normalized spacial score (nSPS) is 39.5. The lowest BCUT2D eigenvalue weighted by Crippen LogP contribution is -2.35. The second kappa shape index (κ2) is 5.72. The molecule has 1 aliphatic carbocycles. The van der Waals surface area contributed by atoms with Crippen LogP contribution in [-0.2, 0) is 0 Å². The Morgan fingerprint density at radius 1 is 1.25 bits per heavy atom. The molecule has 0 aromatic carbocycles. The summed E-state index contributed by atoms with van der Waals surface area (Å²) in [5.74, 6) is 0.752. The fraction of sp³-hybridized carbons (Fsp3) is 1.00.